The smallest absolute Gasteiger partial charge is 0.158 e. The molecule has 7 heteroatoms. The SMILES string of the molecule is COc1ccc(OCCN2CCN(c3nc4cc(C)nn4c4ccccc34)CC2)cc1. The molecule has 0 saturated carbocycles. The van der Waals surface area contributed by atoms with Gasteiger partial charge in [0.2, 0.25) is 0 Å². The van der Waals surface area contributed by atoms with E-state index < -0.39 is 0 Å². The van der Waals surface area contributed by atoms with E-state index in [1.165, 1.54) is 0 Å². The van der Waals surface area contributed by atoms with E-state index in [2.05, 4.69) is 39.2 Å². The van der Waals surface area contributed by atoms with Crippen LogP contribution in [0.3, 0.4) is 0 Å². The van der Waals surface area contributed by atoms with E-state index in [-0.39, 0.29) is 0 Å². The van der Waals surface area contributed by atoms with E-state index >= 15 is 0 Å². The lowest BCUT2D eigenvalue weighted by Crippen LogP contribution is -2.47. The fourth-order valence-corrected chi connectivity index (χ4v) is 4.15. The third-order valence-corrected chi connectivity index (χ3v) is 5.81. The molecule has 0 spiro atoms. The Morgan fingerprint density at radius 3 is 2.45 bits per heavy atom. The summed E-state index contributed by atoms with van der Waals surface area (Å²) in [5.74, 6) is 2.77. The predicted octanol–water partition coefficient (Wildman–Crippen LogP) is 3.40. The second-order valence-corrected chi connectivity index (χ2v) is 7.86. The van der Waals surface area contributed by atoms with Crippen molar-refractivity contribution in [1.82, 2.24) is 19.5 Å². The normalized spacial score (nSPS) is 15.0. The van der Waals surface area contributed by atoms with E-state index in [1.807, 2.05) is 41.8 Å². The highest BCUT2D eigenvalue weighted by atomic mass is 16.5. The molecule has 0 radical (unpaired) electrons. The number of rotatable bonds is 6. The van der Waals surface area contributed by atoms with Crippen molar-refractivity contribution in [1.29, 1.82) is 0 Å². The van der Waals surface area contributed by atoms with Crippen molar-refractivity contribution >= 4 is 22.4 Å². The fourth-order valence-electron chi connectivity index (χ4n) is 4.15. The van der Waals surface area contributed by atoms with Gasteiger partial charge in [0.25, 0.3) is 0 Å². The zero-order chi connectivity index (χ0) is 21.2. The zero-order valence-electron chi connectivity index (χ0n) is 18.0. The monoisotopic (exact) mass is 417 g/mol. The molecule has 4 aromatic rings. The van der Waals surface area contributed by atoms with Crippen LogP contribution in [0, 0.1) is 6.92 Å². The fraction of sp³-hybridized carbons (Fsp3) is 0.333. The van der Waals surface area contributed by atoms with Gasteiger partial charge in [-0.2, -0.15) is 5.10 Å². The molecule has 3 heterocycles. The molecule has 0 atom stereocenters. The average molecular weight is 418 g/mol. The van der Waals surface area contributed by atoms with Gasteiger partial charge in [0, 0.05) is 44.2 Å². The molecule has 0 amide bonds. The van der Waals surface area contributed by atoms with Crippen molar-refractivity contribution in [3.05, 3.63) is 60.3 Å². The number of hydrogen-bond donors (Lipinski definition) is 0. The van der Waals surface area contributed by atoms with E-state index in [1.54, 1.807) is 7.11 Å². The number of hydrogen-bond acceptors (Lipinski definition) is 6. The summed E-state index contributed by atoms with van der Waals surface area (Å²) in [5.41, 5.74) is 2.99. The first-order valence-corrected chi connectivity index (χ1v) is 10.7. The van der Waals surface area contributed by atoms with Crippen LogP contribution >= 0.6 is 0 Å². The van der Waals surface area contributed by atoms with Gasteiger partial charge in [-0.3, -0.25) is 4.90 Å². The van der Waals surface area contributed by atoms with E-state index in [9.17, 15) is 0 Å². The Labute approximate surface area is 181 Å². The molecule has 160 valence electrons. The molecule has 0 aliphatic carbocycles. The molecule has 0 bridgehead atoms. The van der Waals surface area contributed by atoms with Crippen molar-refractivity contribution in [2.45, 2.75) is 6.92 Å². The van der Waals surface area contributed by atoms with Crippen LogP contribution in [0.4, 0.5) is 5.82 Å². The standard InChI is InChI=1S/C24H27N5O2/c1-18-17-23-25-24(21-5-3-4-6-22(21)29(23)26-18)28-13-11-27(12-14-28)15-16-31-20-9-7-19(30-2)8-10-20/h3-10,17H,11-16H2,1-2H3. The second-order valence-electron chi connectivity index (χ2n) is 7.86. The maximum absolute atomic E-state index is 5.90. The Balaban J connectivity index is 1.23. The summed E-state index contributed by atoms with van der Waals surface area (Å²) in [6, 6.07) is 18.2. The van der Waals surface area contributed by atoms with Crippen LogP contribution in [-0.2, 0) is 0 Å². The van der Waals surface area contributed by atoms with Gasteiger partial charge >= 0.3 is 0 Å². The molecular weight excluding hydrogens is 390 g/mol. The Morgan fingerprint density at radius 1 is 0.935 bits per heavy atom. The predicted molar refractivity (Wildman–Crippen MR) is 122 cm³/mol. The third-order valence-electron chi connectivity index (χ3n) is 5.81. The van der Waals surface area contributed by atoms with Gasteiger partial charge in [-0.1, -0.05) is 12.1 Å². The molecule has 1 saturated heterocycles. The molecule has 2 aromatic carbocycles. The van der Waals surface area contributed by atoms with Crippen LogP contribution in [0.2, 0.25) is 0 Å². The molecule has 31 heavy (non-hydrogen) atoms. The summed E-state index contributed by atoms with van der Waals surface area (Å²) in [6.45, 7) is 7.47. The summed E-state index contributed by atoms with van der Waals surface area (Å²) in [4.78, 5) is 9.80. The van der Waals surface area contributed by atoms with E-state index in [4.69, 9.17) is 14.5 Å². The van der Waals surface area contributed by atoms with Gasteiger partial charge in [-0.05, 0) is 43.3 Å². The van der Waals surface area contributed by atoms with Crippen LogP contribution in [0.25, 0.3) is 16.6 Å². The lowest BCUT2D eigenvalue weighted by molar-refractivity contribution is 0.200. The molecule has 1 fully saturated rings. The molecule has 0 N–H and O–H groups in total. The van der Waals surface area contributed by atoms with Crippen LogP contribution in [0.5, 0.6) is 11.5 Å². The van der Waals surface area contributed by atoms with Gasteiger partial charge in [-0.15, -0.1) is 0 Å². The maximum Gasteiger partial charge on any atom is 0.158 e. The zero-order valence-corrected chi connectivity index (χ0v) is 18.0. The maximum atomic E-state index is 5.90. The van der Waals surface area contributed by atoms with E-state index in [0.29, 0.717) is 6.61 Å². The lowest BCUT2D eigenvalue weighted by atomic mass is 10.2. The van der Waals surface area contributed by atoms with Crippen molar-refractivity contribution in [2.75, 3.05) is 51.3 Å². The van der Waals surface area contributed by atoms with Crippen molar-refractivity contribution in [2.24, 2.45) is 0 Å². The molecule has 2 aromatic heterocycles. The van der Waals surface area contributed by atoms with Crippen LogP contribution in [0.15, 0.2) is 54.6 Å². The van der Waals surface area contributed by atoms with Crippen LogP contribution in [0.1, 0.15) is 5.69 Å². The highest BCUT2D eigenvalue weighted by Gasteiger charge is 2.21. The number of ether oxygens (including phenoxy) is 2. The van der Waals surface area contributed by atoms with Crippen molar-refractivity contribution in [3.8, 4) is 11.5 Å². The van der Waals surface area contributed by atoms with Gasteiger partial charge in [0.05, 0.1) is 18.3 Å². The minimum absolute atomic E-state index is 0.675. The largest absolute Gasteiger partial charge is 0.497 e. The number of methoxy groups -OCH3 is 1. The van der Waals surface area contributed by atoms with Gasteiger partial charge < -0.3 is 14.4 Å². The minimum Gasteiger partial charge on any atom is -0.497 e. The Morgan fingerprint density at radius 2 is 1.68 bits per heavy atom. The van der Waals surface area contributed by atoms with E-state index in [0.717, 1.165) is 72.3 Å². The van der Waals surface area contributed by atoms with Gasteiger partial charge in [0.15, 0.2) is 5.65 Å². The lowest BCUT2D eigenvalue weighted by Gasteiger charge is -2.35. The summed E-state index contributed by atoms with van der Waals surface area (Å²) in [5, 5.41) is 5.76. The number of benzene rings is 2. The number of piperazine rings is 1. The topological polar surface area (TPSA) is 55.1 Å². The first-order valence-electron chi connectivity index (χ1n) is 10.7. The number of fused-ring (bicyclic) bond motifs is 3. The molecule has 0 unspecified atom stereocenters. The summed E-state index contributed by atoms with van der Waals surface area (Å²) in [7, 11) is 1.67. The average Bonchev–Trinajstić information content (AvgIpc) is 3.20. The Bertz CT molecular complexity index is 1180. The van der Waals surface area contributed by atoms with Crippen LogP contribution in [-0.4, -0.2) is 65.9 Å². The highest BCUT2D eigenvalue weighted by Crippen LogP contribution is 2.27. The molecular formula is C24H27N5O2. The van der Waals surface area contributed by atoms with Gasteiger partial charge in [0.1, 0.15) is 23.9 Å². The first kappa shape index (κ1) is 19.6. The number of anilines is 1. The summed E-state index contributed by atoms with van der Waals surface area (Å²) < 4.78 is 13.0. The van der Waals surface area contributed by atoms with Crippen molar-refractivity contribution < 1.29 is 9.47 Å². The third kappa shape index (κ3) is 4.01. The number of aryl methyl sites for hydroxylation is 1. The Hall–Kier alpha value is -3.32. The number of aromatic nitrogens is 3. The molecule has 7 nitrogen and oxygen atoms in total. The van der Waals surface area contributed by atoms with Gasteiger partial charge in [-0.25, -0.2) is 9.50 Å². The summed E-state index contributed by atoms with van der Waals surface area (Å²) >= 11 is 0. The van der Waals surface area contributed by atoms with Crippen LogP contribution < -0.4 is 14.4 Å². The Kier molecular flexibility index (Phi) is 5.34. The quantitative estimate of drug-likeness (QED) is 0.479. The van der Waals surface area contributed by atoms with Crippen molar-refractivity contribution in [3.63, 3.8) is 0 Å². The first-order chi connectivity index (χ1) is 15.2. The molecule has 1 aliphatic heterocycles. The molecule has 1 aliphatic rings. The number of nitrogens with zero attached hydrogens (tertiary/aromatic N) is 5. The summed E-state index contributed by atoms with van der Waals surface area (Å²) in [6.07, 6.45) is 0. The highest BCUT2D eigenvalue weighted by molar-refractivity contribution is 5.91. The number of para-hydroxylation sites is 1. The second kappa shape index (κ2) is 8.43. The molecule has 5 rings (SSSR count). The minimum atomic E-state index is 0.675.